The van der Waals surface area contributed by atoms with Crippen LogP contribution in [0.4, 0.5) is 0 Å². The van der Waals surface area contributed by atoms with Gasteiger partial charge >= 0.3 is 5.97 Å². The SMILES string of the molecule is COC(=O)C[NH+](CCC(C)C)Cc1cccn1Cc1cccc(OC)c1. The zero-order valence-electron chi connectivity index (χ0n) is 16.3. The molecule has 0 aliphatic heterocycles. The number of ether oxygens (including phenoxy) is 2. The van der Waals surface area contributed by atoms with Crippen molar-refractivity contribution in [2.24, 2.45) is 5.92 Å². The van der Waals surface area contributed by atoms with E-state index in [0.29, 0.717) is 12.5 Å². The third-order valence-corrected chi connectivity index (χ3v) is 4.54. The molecule has 2 rings (SSSR count). The second-order valence-electron chi connectivity index (χ2n) is 7.09. The Bertz CT molecular complexity index is 694. The Kier molecular flexibility index (Phi) is 7.73. The van der Waals surface area contributed by atoms with Gasteiger partial charge < -0.3 is 18.9 Å². The molecular weight excluding hydrogens is 328 g/mol. The van der Waals surface area contributed by atoms with Crippen LogP contribution in [0.1, 0.15) is 31.5 Å². The van der Waals surface area contributed by atoms with Crippen LogP contribution in [-0.2, 0) is 22.6 Å². The van der Waals surface area contributed by atoms with Crippen LogP contribution in [0.2, 0.25) is 0 Å². The maximum atomic E-state index is 11.8. The summed E-state index contributed by atoms with van der Waals surface area (Å²) in [6, 6.07) is 12.3. The fourth-order valence-corrected chi connectivity index (χ4v) is 3.00. The zero-order chi connectivity index (χ0) is 18.9. The monoisotopic (exact) mass is 359 g/mol. The van der Waals surface area contributed by atoms with E-state index < -0.39 is 0 Å². The summed E-state index contributed by atoms with van der Waals surface area (Å²) in [7, 11) is 3.14. The molecule has 142 valence electrons. The highest BCUT2D eigenvalue weighted by atomic mass is 16.5. The molecule has 0 saturated carbocycles. The van der Waals surface area contributed by atoms with E-state index in [-0.39, 0.29) is 5.97 Å². The van der Waals surface area contributed by atoms with Crippen LogP contribution in [-0.4, -0.2) is 37.8 Å². The number of hydrogen-bond acceptors (Lipinski definition) is 3. The topological polar surface area (TPSA) is 44.9 Å². The van der Waals surface area contributed by atoms with Crippen LogP contribution in [0.3, 0.4) is 0 Å². The largest absolute Gasteiger partial charge is 0.497 e. The number of carbonyl (C=O) groups is 1. The molecule has 0 radical (unpaired) electrons. The van der Waals surface area contributed by atoms with Crippen molar-refractivity contribution < 1.29 is 19.2 Å². The minimum absolute atomic E-state index is 0.158. The first-order valence-corrected chi connectivity index (χ1v) is 9.19. The van der Waals surface area contributed by atoms with Gasteiger partial charge in [0, 0.05) is 12.7 Å². The first kappa shape index (κ1) is 20.0. The Hall–Kier alpha value is -2.27. The molecule has 1 unspecified atom stereocenters. The molecule has 1 aromatic carbocycles. The average Bonchev–Trinajstić information content (AvgIpc) is 3.06. The number of methoxy groups -OCH3 is 2. The molecule has 0 fully saturated rings. The smallest absolute Gasteiger partial charge is 0.361 e. The molecule has 0 saturated heterocycles. The highest BCUT2D eigenvalue weighted by Gasteiger charge is 2.17. The van der Waals surface area contributed by atoms with Crippen LogP contribution in [0, 0.1) is 5.92 Å². The second kappa shape index (κ2) is 10.0. The van der Waals surface area contributed by atoms with E-state index in [0.717, 1.165) is 31.8 Å². The fourth-order valence-electron chi connectivity index (χ4n) is 3.00. The van der Waals surface area contributed by atoms with E-state index in [1.54, 1.807) is 7.11 Å². The van der Waals surface area contributed by atoms with Crippen molar-refractivity contribution in [3.05, 3.63) is 53.9 Å². The van der Waals surface area contributed by atoms with E-state index in [1.807, 2.05) is 12.1 Å². The average molecular weight is 359 g/mol. The van der Waals surface area contributed by atoms with Gasteiger partial charge in [0.2, 0.25) is 0 Å². The van der Waals surface area contributed by atoms with Crippen LogP contribution in [0.25, 0.3) is 0 Å². The van der Waals surface area contributed by atoms with Crippen molar-refractivity contribution in [1.29, 1.82) is 0 Å². The van der Waals surface area contributed by atoms with E-state index in [4.69, 9.17) is 9.47 Å². The summed E-state index contributed by atoms with van der Waals surface area (Å²) in [4.78, 5) is 13.0. The predicted octanol–water partition coefficient (Wildman–Crippen LogP) is 2.15. The van der Waals surface area contributed by atoms with Crippen molar-refractivity contribution in [1.82, 2.24) is 4.57 Å². The second-order valence-corrected chi connectivity index (χ2v) is 7.09. The molecule has 0 aliphatic rings. The van der Waals surface area contributed by atoms with Gasteiger partial charge in [-0.25, -0.2) is 4.79 Å². The highest BCUT2D eigenvalue weighted by molar-refractivity contribution is 5.70. The quantitative estimate of drug-likeness (QED) is 0.661. The lowest BCUT2D eigenvalue weighted by Gasteiger charge is -2.20. The molecule has 5 heteroatoms. The van der Waals surface area contributed by atoms with E-state index in [2.05, 4.69) is 48.9 Å². The van der Waals surface area contributed by atoms with Gasteiger partial charge in [0.05, 0.1) is 26.5 Å². The van der Waals surface area contributed by atoms with Gasteiger partial charge in [0.25, 0.3) is 0 Å². The summed E-state index contributed by atoms with van der Waals surface area (Å²) in [6.07, 6.45) is 3.18. The Balaban J connectivity index is 2.09. The number of rotatable bonds is 10. The van der Waals surface area contributed by atoms with Crippen LogP contribution in [0.15, 0.2) is 42.6 Å². The molecule has 0 bridgehead atoms. The zero-order valence-corrected chi connectivity index (χ0v) is 16.3. The molecule has 0 amide bonds. The molecule has 1 atom stereocenters. The number of quaternary nitrogens is 1. The predicted molar refractivity (Wildman–Crippen MR) is 102 cm³/mol. The molecule has 5 nitrogen and oxygen atoms in total. The van der Waals surface area contributed by atoms with Gasteiger partial charge in [-0.2, -0.15) is 0 Å². The molecule has 2 aromatic rings. The lowest BCUT2D eigenvalue weighted by atomic mass is 10.1. The van der Waals surface area contributed by atoms with Gasteiger partial charge in [-0.1, -0.05) is 26.0 Å². The number of nitrogens with one attached hydrogen (secondary N) is 1. The molecule has 0 aliphatic carbocycles. The van der Waals surface area contributed by atoms with Crippen LogP contribution in [0.5, 0.6) is 5.75 Å². The molecule has 1 heterocycles. The van der Waals surface area contributed by atoms with Crippen molar-refractivity contribution in [2.75, 3.05) is 27.3 Å². The first-order chi connectivity index (χ1) is 12.5. The molecule has 1 aromatic heterocycles. The molecule has 1 N–H and O–H groups in total. The normalized spacial score (nSPS) is 12.2. The maximum Gasteiger partial charge on any atom is 0.361 e. The number of esters is 1. The van der Waals surface area contributed by atoms with Crippen LogP contribution >= 0.6 is 0 Å². The molecule has 0 spiro atoms. The number of benzene rings is 1. The summed E-state index contributed by atoms with van der Waals surface area (Å²) in [6.45, 7) is 7.36. The van der Waals surface area contributed by atoms with Crippen molar-refractivity contribution in [2.45, 2.75) is 33.4 Å². The molecular formula is C21H31N2O3+. The first-order valence-electron chi connectivity index (χ1n) is 9.19. The van der Waals surface area contributed by atoms with Crippen LogP contribution < -0.4 is 9.64 Å². The summed E-state index contributed by atoms with van der Waals surface area (Å²) in [5, 5.41) is 0. The van der Waals surface area contributed by atoms with Gasteiger partial charge in [0.15, 0.2) is 6.54 Å². The maximum absolute atomic E-state index is 11.8. The highest BCUT2D eigenvalue weighted by Crippen LogP contribution is 2.14. The van der Waals surface area contributed by atoms with Gasteiger partial charge in [-0.15, -0.1) is 0 Å². The standard InChI is InChI=1S/C21H30N2O3/c1-17(2)10-12-22(16-21(24)26-4)15-19-8-6-11-23(19)14-18-7-5-9-20(13-18)25-3/h5-9,11,13,17H,10,12,14-16H2,1-4H3/p+1. The fraction of sp³-hybridized carbons (Fsp3) is 0.476. The minimum Gasteiger partial charge on any atom is -0.497 e. The number of nitrogens with zero attached hydrogens (tertiary/aromatic N) is 1. The van der Waals surface area contributed by atoms with E-state index in [1.165, 1.54) is 23.3 Å². The van der Waals surface area contributed by atoms with E-state index in [9.17, 15) is 4.79 Å². The van der Waals surface area contributed by atoms with Crippen molar-refractivity contribution >= 4 is 5.97 Å². The number of aromatic nitrogens is 1. The van der Waals surface area contributed by atoms with Gasteiger partial charge in [-0.05, 0) is 42.2 Å². The lowest BCUT2D eigenvalue weighted by Crippen LogP contribution is -3.11. The third-order valence-electron chi connectivity index (χ3n) is 4.54. The Morgan fingerprint density at radius 3 is 2.69 bits per heavy atom. The van der Waals surface area contributed by atoms with Gasteiger partial charge in [0.1, 0.15) is 12.3 Å². The minimum atomic E-state index is -0.158. The van der Waals surface area contributed by atoms with E-state index >= 15 is 0 Å². The third kappa shape index (κ3) is 6.23. The number of carbonyl (C=O) groups excluding carboxylic acids is 1. The Labute approximate surface area is 156 Å². The van der Waals surface area contributed by atoms with Crippen molar-refractivity contribution in [3.63, 3.8) is 0 Å². The Morgan fingerprint density at radius 2 is 2.00 bits per heavy atom. The van der Waals surface area contributed by atoms with Crippen molar-refractivity contribution in [3.8, 4) is 5.75 Å². The summed E-state index contributed by atoms with van der Waals surface area (Å²) in [5.41, 5.74) is 2.41. The number of hydrogen-bond donors (Lipinski definition) is 1. The van der Waals surface area contributed by atoms with Gasteiger partial charge in [-0.3, -0.25) is 0 Å². The summed E-state index contributed by atoms with van der Waals surface area (Å²) in [5.74, 6) is 1.33. The molecule has 26 heavy (non-hydrogen) atoms. The summed E-state index contributed by atoms with van der Waals surface area (Å²) >= 11 is 0. The summed E-state index contributed by atoms with van der Waals surface area (Å²) < 4.78 is 12.4. The lowest BCUT2D eigenvalue weighted by molar-refractivity contribution is -0.907. The Morgan fingerprint density at radius 1 is 1.19 bits per heavy atom.